The number of ether oxygens (including phenoxy) is 2. The monoisotopic (exact) mass is 178 g/mol. The molecule has 0 aliphatic rings. The topological polar surface area (TPSA) is 18.5 Å². The standard InChI is InChI=1S/C9H18O2.FH/c1-3-5-6-7-11-9-8-10-4-2;/h4H,2-3,5-9H2,1H3;1H. The van der Waals surface area contributed by atoms with Crippen molar-refractivity contribution in [1.29, 1.82) is 0 Å². The number of hydrogen-bond acceptors (Lipinski definition) is 2. The molecule has 3 heteroatoms. The lowest BCUT2D eigenvalue weighted by molar-refractivity contribution is 0.0828. The van der Waals surface area contributed by atoms with Crippen molar-refractivity contribution in [3.8, 4) is 0 Å². The second kappa shape index (κ2) is 13.1. The van der Waals surface area contributed by atoms with Crippen molar-refractivity contribution in [2.75, 3.05) is 19.8 Å². The molecule has 0 aromatic rings. The van der Waals surface area contributed by atoms with E-state index in [1.807, 2.05) is 0 Å². The van der Waals surface area contributed by atoms with Gasteiger partial charge in [0.2, 0.25) is 0 Å². The van der Waals surface area contributed by atoms with Gasteiger partial charge in [-0.3, -0.25) is 4.70 Å². The Morgan fingerprint density at radius 1 is 1.17 bits per heavy atom. The Labute approximate surface area is 73.9 Å². The summed E-state index contributed by atoms with van der Waals surface area (Å²) in [6.45, 7) is 7.76. The van der Waals surface area contributed by atoms with Crippen LogP contribution in [0.4, 0.5) is 4.70 Å². The van der Waals surface area contributed by atoms with Crippen LogP contribution in [0.5, 0.6) is 0 Å². The maximum absolute atomic E-state index is 5.26. The Morgan fingerprint density at radius 3 is 2.50 bits per heavy atom. The third-order valence-corrected chi connectivity index (χ3v) is 1.36. The van der Waals surface area contributed by atoms with E-state index in [1.165, 1.54) is 19.1 Å². The van der Waals surface area contributed by atoms with Gasteiger partial charge in [0.05, 0.1) is 12.9 Å². The van der Waals surface area contributed by atoms with Gasteiger partial charge < -0.3 is 9.47 Å². The van der Waals surface area contributed by atoms with Crippen molar-refractivity contribution in [3.63, 3.8) is 0 Å². The summed E-state index contributed by atoms with van der Waals surface area (Å²) in [5.74, 6) is 0. The van der Waals surface area contributed by atoms with Gasteiger partial charge >= 0.3 is 0 Å². The smallest absolute Gasteiger partial charge is 0.111 e. The van der Waals surface area contributed by atoms with Gasteiger partial charge in [0.15, 0.2) is 0 Å². The molecular formula is C9H19FO2. The van der Waals surface area contributed by atoms with E-state index in [2.05, 4.69) is 13.5 Å². The van der Waals surface area contributed by atoms with Crippen LogP contribution in [0.25, 0.3) is 0 Å². The first-order valence-corrected chi connectivity index (χ1v) is 4.22. The van der Waals surface area contributed by atoms with Gasteiger partial charge in [0, 0.05) is 6.61 Å². The van der Waals surface area contributed by atoms with Gasteiger partial charge in [-0.15, -0.1) is 0 Å². The highest BCUT2D eigenvalue weighted by Gasteiger charge is 1.87. The highest BCUT2D eigenvalue weighted by atomic mass is 19.0. The number of hydrogen-bond donors (Lipinski definition) is 0. The van der Waals surface area contributed by atoms with Gasteiger partial charge in [0.25, 0.3) is 0 Å². The predicted octanol–water partition coefficient (Wildman–Crippen LogP) is 2.51. The second-order valence-corrected chi connectivity index (χ2v) is 2.36. The zero-order valence-electron chi connectivity index (χ0n) is 7.75. The molecule has 0 rings (SSSR count). The average Bonchev–Trinajstić information content (AvgIpc) is 2.03. The number of unbranched alkanes of at least 4 members (excludes halogenated alkanes) is 2. The second-order valence-electron chi connectivity index (χ2n) is 2.36. The molecule has 0 aliphatic carbocycles. The first-order valence-electron chi connectivity index (χ1n) is 4.22. The van der Waals surface area contributed by atoms with Crippen molar-refractivity contribution in [1.82, 2.24) is 0 Å². The van der Waals surface area contributed by atoms with Gasteiger partial charge in [-0.05, 0) is 6.42 Å². The molecule has 0 bridgehead atoms. The summed E-state index contributed by atoms with van der Waals surface area (Å²) in [6, 6.07) is 0. The van der Waals surface area contributed by atoms with E-state index in [9.17, 15) is 0 Å². The number of rotatable bonds is 8. The molecule has 12 heavy (non-hydrogen) atoms. The molecule has 0 saturated carbocycles. The fourth-order valence-electron chi connectivity index (χ4n) is 0.747. The van der Waals surface area contributed by atoms with E-state index in [0.29, 0.717) is 13.2 Å². The summed E-state index contributed by atoms with van der Waals surface area (Å²) >= 11 is 0. The van der Waals surface area contributed by atoms with Crippen molar-refractivity contribution in [2.45, 2.75) is 26.2 Å². The molecule has 0 fully saturated rings. The summed E-state index contributed by atoms with van der Waals surface area (Å²) < 4.78 is 10.1. The van der Waals surface area contributed by atoms with E-state index < -0.39 is 0 Å². The lowest BCUT2D eigenvalue weighted by Gasteiger charge is -2.02. The molecule has 0 aliphatic heterocycles. The summed E-state index contributed by atoms with van der Waals surface area (Å²) in [6.07, 6.45) is 5.09. The summed E-state index contributed by atoms with van der Waals surface area (Å²) in [5, 5.41) is 0. The Kier molecular flexibility index (Phi) is 15.2. The minimum absolute atomic E-state index is 0. The first-order chi connectivity index (χ1) is 5.41. The molecule has 2 nitrogen and oxygen atoms in total. The Balaban J connectivity index is 0. The molecular weight excluding hydrogens is 159 g/mol. The highest BCUT2D eigenvalue weighted by molar-refractivity contribution is 4.47. The average molecular weight is 178 g/mol. The Morgan fingerprint density at radius 2 is 1.92 bits per heavy atom. The van der Waals surface area contributed by atoms with Crippen LogP contribution in [-0.2, 0) is 9.47 Å². The van der Waals surface area contributed by atoms with Crippen LogP contribution in [-0.4, -0.2) is 19.8 Å². The van der Waals surface area contributed by atoms with E-state index in [0.717, 1.165) is 13.0 Å². The van der Waals surface area contributed by atoms with Crippen molar-refractivity contribution >= 4 is 0 Å². The third kappa shape index (κ3) is 12.1. The SMILES string of the molecule is C=COCCOCCCCC.F. The molecule has 0 atom stereocenters. The van der Waals surface area contributed by atoms with Gasteiger partial charge in [-0.1, -0.05) is 26.3 Å². The predicted molar refractivity (Wildman–Crippen MR) is 49.0 cm³/mol. The normalized spacial score (nSPS) is 8.75. The molecule has 0 saturated heterocycles. The lowest BCUT2D eigenvalue weighted by atomic mass is 10.3. The quantitative estimate of drug-likeness (QED) is 0.420. The van der Waals surface area contributed by atoms with Crippen LogP contribution in [0.15, 0.2) is 12.8 Å². The van der Waals surface area contributed by atoms with Crippen molar-refractivity contribution < 1.29 is 14.2 Å². The van der Waals surface area contributed by atoms with Crippen LogP contribution in [0, 0.1) is 0 Å². The Hall–Kier alpha value is -0.570. The molecule has 0 aromatic carbocycles. The molecule has 0 heterocycles. The fraction of sp³-hybridized carbons (Fsp3) is 0.778. The molecule has 0 N–H and O–H groups in total. The zero-order valence-corrected chi connectivity index (χ0v) is 7.75. The van der Waals surface area contributed by atoms with Gasteiger partial charge in [-0.2, -0.15) is 0 Å². The van der Waals surface area contributed by atoms with Crippen LogP contribution in [0.2, 0.25) is 0 Å². The van der Waals surface area contributed by atoms with Crippen LogP contribution in [0.3, 0.4) is 0 Å². The van der Waals surface area contributed by atoms with E-state index in [4.69, 9.17) is 9.47 Å². The summed E-state index contributed by atoms with van der Waals surface area (Å²) in [7, 11) is 0. The van der Waals surface area contributed by atoms with Crippen LogP contribution >= 0.6 is 0 Å². The Bertz CT molecular complexity index is 86.6. The summed E-state index contributed by atoms with van der Waals surface area (Å²) in [4.78, 5) is 0. The van der Waals surface area contributed by atoms with Gasteiger partial charge in [0.1, 0.15) is 6.61 Å². The molecule has 0 unspecified atom stereocenters. The third-order valence-electron chi connectivity index (χ3n) is 1.36. The maximum atomic E-state index is 5.26. The minimum Gasteiger partial charge on any atom is -0.499 e. The maximum Gasteiger partial charge on any atom is 0.111 e. The van der Waals surface area contributed by atoms with E-state index in [-0.39, 0.29) is 4.70 Å². The van der Waals surface area contributed by atoms with Gasteiger partial charge in [-0.25, -0.2) is 0 Å². The van der Waals surface area contributed by atoms with E-state index >= 15 is 0 Å². The minimum atomic E-state index is 0. The molecule has 0 spiro atoms. The largest absolute Gasteiger partial charge is 0.499 e. The van der Waals surface area contributed by atoms with E-state index in [1.54, 1.807) is 0 Å². The number of halogens is 1. The lowest BCUT2D eigenvalue weighted by Crippen LogP contribution is -2.02. The fourth-order valence-corrected chi connectivity index (χ4v) is 0.747. The molecule has 0 radical (unpaired) electrons. The van der Waals surface area contributed by atoms with Crippen LogP contribution in [0.1, 0.15) is 26.2 Å². The van der Waals surface area contributed by atoms with Crippen molar-refractivity contribution in [2.24, 2.45) is 0 Å². The molecule has 74 valence electrons. The first kappa shape index (κ1) is 14.0. The highest BCUT2D eigenvalue weighted by Crippen LogP contribution is 1.93. The molecule has 0 amide bonds. The summed E-state index contributed by atoms with van der Waals surface area (Å²) in [5.41, 5.74) is 0. The molecule has 0 aromatic heterocycles. The zero-order chi connectivity index (χ0) is 8.36. The van der Waals surface area contributed by atoms with Crippen LogP contribution < -0.4 is 0 Å². The van der Waals surface area contributed by atoms with Crippen molar-refractivity contribution in [3.05, 3.63) is 12.8 Å².